The van der Waals surface area contributed by atoms with E-state index in [0.717, 1.165) is 39.3 Å². The zero-order valence-corrected chi connectivity index (χ0v) is 19.7. The zero-order chi connectivity index (χ0) is 24.4. The molecule has 174 valence electrons. The van der Waals surface area contributed by atoms with Crippen LogP contribution in [-0.2, 0) is 18.6 Å². The molecule has 7 heteroatoms. The number of fused-ring (bicyclic) bond motifs is 1. The second-order valence-electron chi connectivity index (χ2n) is 9.03. The first-order chi connectivity index (χ1) is 17.0. The number of carbonyl (C=O) groups is 1. The molecule has 0 fully saturated rings. The quantitative estimate of drug-likeness (QED) is 0.446. The van der Waals surface area contributed by atoms with Gasteiger partial charge in [0.2, 0.25) is 0 Å². The monoisotopic (exact) mass is 463 g/mol. The Morgan fingerprint density at radius 3 is 2.43 bits per heavy atom. The number of hydrogen-bond donors (Lipinski definition) is 1. The summed E-state index contributed by atoms with van der Waals surface area (Å²) in [5, 5.41) is 17.0. The number of benzene rings is 2. The van der Waals surface area contributed by atoms with Crippen LogP contribution in [0.15, 0.2) is 73.1 Å². The molecule has 1 aliphatic rings. The van der Waals surface area contributed by atoms with Crippen molar-refractivity contribution in [3.8, 4) is 34.2 Å². The predicted molar refractivity (Wildman–Crippen MR) is 133 cm³/mol. The van der Waals surface area contributed by atoms with E-state index in [2.05, 4.69) is 16.4 Å². The highest BCUT2D eigenvalue weighted by Crippen LogP contribution is 2.36. The molecule has 5 rings (SSSR count). The lowest BCUT2D eigenvalue weighted by atomic mass is 9.86. The minimum absolute atomic E-state index is 0.123. The third kappa shape index (κ3) is 4.38. The Morgan fingerprint density at radius 1 is 1.03 bits per heavy atom. The van der Waals surface area contributed by atoms with Crippen LogP contribution in [0.4, 0.5) is 0 Å². The van der Waals surface area contributed by atoms with Crippen LogP contribution >= 0.6 is 0 Å². The Hall–Kier alpha value is -4.44. The Bertz CT molecular complexity index is 1400. The molecule has 0 saturated heterocycles. The van der Waals surface area contributed by atoms with Crippen molar-refractivity contribution < 1.29 is 9.53 Å². The predicted octanol–water partition coefficient (Wildman–Crippen LogP) is 4.74. The van der Waals surface area contributed by atoms with Crippen molar-refractivity contribution in [3.05, 3.63) is 89.9 Å². The highest BCUT2D eigenvalue weighted by molar-refractivity contribution is 6.03. The van der Waals surface area contributed by atoms with Gasteiger partial charge in [-0.15, -0.1) is 0 Å². The van der Waals surface area contributed by atoms with Crippen LogP contribution in [0.25, 0.3) is 22.4 Å². The molecular weight excluding hydrogens is 438 g/mol. The molecule has 35 heavy (non-hydrogen) atoms. The van der Waals surface area contributed by atoms with Gasteiger partial charge >= 0.3 is 0 Å². The number of pyridine rings is 1. The molecule has 2 aromatic carbocycles. The molecule has 3 heterocycles. The SMILES string of the molecule is CC(C)(C#N)c1ccc(COc2ccc(-c3c(-c4ccncc4)nn4c3C(=O)NCC4)cc2)cc1. The molecule has 0 aliphatic carbocycles. The van der Waals surface area contributed by atoms with Gasteiger partial charge in [-0.1, -0.05) is 36.4 Å². The number of aromatic nitrogens is 3. The zero-order valence-electron chi connectivity index (χ0n) is 19.7. The van der Waals surface area contributed by atoms with Gasteiger partial charge in [0, 0.05) is 30.1 Å². The lowest BCUT2D eigenvalue weighted by molar-refractivity contribution is 0.0925. The van der Waals surface area contributed by atoms with Crippen molar-refractivity contribution in [1.82, 2.24) is 20.1 Å². The van der Waals surface area contributed by atoms with Gasteiger partial charge in [-0.25, -0.2) is 0 Å². The van der Waals surface area contributed by atoms with E-state index in [4.69, 9.17) is 9.84 Å². The number of amides is 1. The van der Waals surface area contributed by atoms with Gasteiger partial charge in [0.1, 0.15) is 23.7 Å². The minimum atomic E-state index is -0.519. The fourth-order valence-electron chi connectivity index (χ4n) is 4.17. The maximum atomic E-state index is 12.7. The molecule has 1 N–H and O–H groups in total. The Balaban J connectivity index is 1.39. The summed E-state index contributed by atoms with van der Waals surface area (Å²) in [6, 6.07) is 21.8. The second-order valence-corrected chi connectivity index (χ2v) is 9.03. The van der Waals surface area contributed by atoms with Gasteiger partial charge in [0.15, 0.2) is 0 Å². The van der Waals surface area contributed by atoms with E-state index >= 15 is 0 Å². The van der Waals surface area contributed by atoms with Gasteiger partial charge in [-0.2, -0.15) is 10.4 Å². The van der Waals surface area contributed by atoms with Crippen molar-refractivity contribution in [2.75, 3.05) is 6.54 Å². The third-order valence-electron chi connectivity index (χ3n) is 6.23. The maximum absolute atomic E-state index is 12.7. The van der Waals surface area contributed by atoms with Crippen molar-refractivity contribution in [3.63, 3.8) is 0 Å². The van der Waals surface area contributed by atoms with Crippen molar-refractivity contribution in [1.29, 1.82) is 5.26 Å². The molecular formula is C28H25N5O2. The first kappa shape index (κ1) is 22.4. The van der Waals surface area contributed by atoms with Gasteiger partial charge in [0.25, 0.3) is 5.91 Å². The first-order valence-electron chi connectivity index (χ1n) is 11.5. The molecule has 7 nitrogen and oxygen atoms in total. The largest absolute Gasteiger partial charge is 0.489 e. The van der Waals surface area contributed by atoms with Gasteiger partial charge in [-0.3, -0.25) is 14.5 Å². The van der Waals surface area contributed by atoms with E-state index in [1.165, 1.54) is 0 Å². The number of nitrogens with one attached hydrogen (secondary N) is 1. The summed E-state index contributed by atoms with van der Waals surface area (Å²) in [6.07, 6.45) is 3.45. The smallest absolute Gasteiger partial charge is 0.270 e. The second kappa shape index (κ2) is 9.07. The highest BCUT2D eigenvalue weighted by atomic mass is 16.5. The standard InChI is InChI=1S/C28H25N5O2/c1-28(2,18-29)22-7-3-19(4-8-22)17-35-23-9-5-20(6-10-23)24-25(21-11-13-30-14-12-21)32-33-16-15-31-27(34)26(24)33/h3-14H,15-17H2,1-2H3,(H,31,34). The fraction of sp³-hybridized carbons (Fsp3) is 0.214. The summed E-state index contributed by atoms with van der Waals surface area (Å²) in [7, 11) is 0. The molecule has 0 radical (unpaired) electrons. The topological polar surface area (TPSA) is 92.8 Å². The first-order valence-corrected chi connectivity index (χ1v) is 11.5. The molecule has 0 bridgehead atoms. The van der Waals surface area contributed by atoms with Gasteiger partial charge < -0.3 is 10.1 Å². The molecule has 0 saturated carbocycles. The van der Waals surface area contributed by atoms with Crippen LogP contribution in [-0.4, -0.2) is 27.2 Å². The van der Waals surface area contributed by atoms with Crippen LogP contribution in [0.1, 0.15) is 35.5 Å². The van der Waals surface area contributed by atoms with Crippen LogP contribution < -0.4 is 10.1 Å². The summed E-state index contributed by atoms with van der Waals surface area (Å²) in [5.74, 6) is 0.605. The number of rotatable bonds is 6. The summed E-state index contributed by atoms with van der Waals surface area (Å²) >= 11 is 0. The average molecular weight is 464 g/mol. The van der Waals surface area contributed by atoms with E-state index in [9.17, 15) is 10.1 Å². The lowest BCUT2D eigenvalue weighted by Gasteiger charge is -2.16. The lowest BCUT2D eigenvalue weighted by Crippen LogP contribution is -2.35. The van der Waals surface area contributed by atoms with E-state index in [1.54, 1.807) is 17.1 Å². The number of nitriles is 1. The number of ether oxygens (including phenoxy) is 1. The third-order valence-corrected chi connectivity index (χ3v) is 6.23. The fourth-order valence-corrected chi connectivity index (χ4v) is 4.17. The molecule has 1 aliphatic heterocycles. The van der Waals surface area contributed by atoms with E-state index in [0.29, 0.717) is 25.4 Å². The van der Waals surface area contributed by atoms with Crippen molar-refractivity contribution >= 4 is 5.91 Å². The van der Waals surface area contributed by atoms with Crippen LogP contribution in [0.3, 0.4) is 0 Å². The van der Waals surface area contributed by atoms with Crippen LogP contribution in [0.5, 0.6) is 5.75 Å². The number of nitrogens with zero attached hydrogens (tertiary/aromatic N) is 4. The summed E-state index contributed by atoms with van der Waals surface area (Å²) in [6.45, 7) is 5.42. The normalized spacial score (nSPS) is 13.0. The Labute approximate surface area is 204 Å². The molecule has 0 unspecified atom stereocenters. The molecule has 0 spiro atoms. The Kier molecular flexibility index (Phi) is 5.79. The van der Waals surface area contributed by atoms with Crippen LogP contribution in [0.2, 0.25) is 0 Å². The molecule has 1 amide bonds. The summed E-state index contributed by atoms with van der Waals surface area (Å²) in [4.78, 5) is 16.8. The summed E-state index contributed by atoms with van der Waals surface area (Å²) in [5.41, 5.74) is 5.41. The summed E-state index contributed by atoms with van der Waals surface area (Å²) < 4.78 is 7.77. The van der Waals surface area contributed by atoms with Crippen molar-refractivity contribution in [2.24, 2.45) is 0 Å². The minimum Gasteiger partial charge on any atom is -0.489 e. The highest BCUT2D eigenvalue weighted by Gasteiger charge is 2.28. The van der Waals surface area contributed by atoms with Crippen LogP contribution in [0, 0.1) is 11.3 Å². The van der Waals surface area contributed by atoms with E-state index < -0.39 is 5.41 Å². The number of hydrogen-bond acceptors (Lipinski definition) is 5. The molecule has 2 aromatic heterocycles. The average Bonchev–Trinajstić information content (AvgIpc) is 3.29. The van der Waals surface area contributed by atoms with E-state index in [1.807, 2.05) is 74.5 Å². The van der Waals surface area contributed by atoms with Gasteiger partial charge in [-0.05, 0) is 54.8 Å². The molecule has 4 aromatic rings. The Morgan fingerprint density at radius 2 is 1.74 bits per heavy atom. The number of carbonyl (C=O) groups excluding carboxylic acids is 1. The maximum Gasteiger partial charge on any atom is 0.270 e. The molecule has 0 atom stereocenters. The van der Waals surface area contributed by atoms with Gasteiger partial charge in [0.05, 0.1) is 18.0 Å². The van der Waals surface area contributed by atoms with E-state index in [-0.39, 0.29) is 5.91 Å². The van der Waals surface area contributed by atoms with Crippen molar-refractivity contribution in [2.45, 2.75) is 32.4 Å².